The Morgan fingerprint density at radius 1 is 1.26 bits per heavy atom. The second-order valence-corrected chi connectivity index (χ2v) is 6.98. The molecule has 0 saturated carbocycles. The van der Waals surface area contributed by atoms with Gasteiger partial charge in [0.15, 0.2) is 0 Å². The van der Waals surface area contributed by atoms with E-state index in [-0.39, 0.29) is 23.6 Å². The molecule has 0 amide bonds. The SMILES string of the molecule is CC(C)COC(=O)C(SCCCC(C)(F)F)C(C)C. The largest absolute Gasteiger partial charge is 0.465 e. The quantitative estimate of drug-likeness (QED) is 0.466. The predicted octanol–water partition coefficient (Wildman–Crippen LogP) is 4.38. The third-order valence-electron chi connectivity index (χ3n) is 2.45. The molecular formula is C14H26F2O2S. The molecule has 0 heterocycles. The number of carbonyl (C=O) groups excluding carboxylic acids is 1. The van der Waals surface area contributed by atoms with E-state index in [1.54, 1.807) is 0 Å². The van der Waals surface area contributed by atoms with Crippen molar-refractivity contribution in [1.29, 1.82) is 0 Å². The Morgan fingerprint density at radius 2 is 1.84 bits per heavy atom. The summed E-state index contributed by atoms with van der Waals surface area (Å²) < 4.78 is 30.6. The molecule has 19 heavy (non-hydrogen) atoms. The molecule has 1 unspecified atom stereocenters. The van der Waals surface area contributed by atoms with Crippen LogP contribution >= 0.6 is 11.8 Å². The number of halogens is 2. The molecule has 0 aliphatic heterocycles. The number of hydrogen-bond donors (Lipinski definition) is 0. The average molecular weight is 296 g/mol. The lowest BCUT2D eigenvalue weighted by molar-refractivity contribution is -0.144. The molecule has 0 aromatic rings. The molecule has 0 bridgehead atoms. The fourth-order valence-corrected chi connectivity index (χ4v) is 2.61. The first-order valence-corrected chi connectivity index (χ1v) is 7.84. The van der Waals surface area contributed by atoms with Gasteiger partial charge >= 0.3 is 5.97 Å². The molecule has 0 radical (unpaired) electrons. The summed E-state index contributed by atoms with van der Waals surface area (Å²) in [6.45, 7) is 9.19. The fourth-order valence-electron chi connectivity index (χ4n) is 1.46. The van der Waals surface area contributed by atoms with Crippen LogP contribution in [0.2, 0.25) is 0 Å². The van der Waals surface area contributed by atoms with E-state index >= 15 is 0 Å². The van der Waals surface area contributed by atoms with Gasteiger partial charge in [0, 0.05) is 6.42 Å². The summed E-state index contributed by atoms with van der Waals surface area (Å²) in [6, 6.07) is 0. The van der Waals surface area contributed by atoms with Gasteiger partial charge in [0.1, 0.15) is 5.25 Å². The summed E-state index contributed by atoms with van der Waals surface area (Å²) in [6.07, 6.45) is 0.278. The highest BCUT2D eigenvalue weighted by atomic mass is 32.2. The monoisotopic (exact) mass is 296 g/mol. The van der Waals surface area contributed by atoms with Gasteiger partial charge in [-0.15, -0.1) is 11.8 Å². The van der Waals surface area contributed by atoms with E-state index in [0.717, 1.165) is 6.92 Å². The Kier molecular flexibility index (Phi) is 8.62. The summed E-state index contributed by atoms with van der Waals surface area (Å²) in [5, 5.41) is -0.260. The van der Waals surface area contributed by atoms with Crippen LogP contribution in [0.5, 0.6) is 0 Å². The molecular weight excluding hydrogens is 270 g/mol. The van der Waals surface area contributed by atoms with Crippen LogP contribution in [0, 0.1) is 11.8 Å². The first kappa shape index (κ1) is 18.7. The van der Waals surface area contributed by atoms with E-state index in [0.29, 0.717) is 24.7 Å². The number of alkyl halides is 2. The second-order valence-electron chi connectivity index (χ2n) is 5.73. The van der Waals surface area contributed by atoms with Crippen molar-refractivity contribution in [2.75, 3.05) is 12.4 Å². The number of esters is 1. The molecule has 0 aromatic carbocycles. The maximum atomic E-state index is 12.7. The van der Waals surface area contributed by atoms with Crippen molar-refractivity contribution >= 4 is 17.7 Å². The molecule has 0 aliphatic carbocycles. The van der Waals surface area contributed by atoms with Gasteiger partial charge in [-0.3, -0.25) is 4.79 Å². The summed E-state index contributed by atoms with van der Waals surface area (Å²) in [4.78, 5) is 11.9. The topological polar surface area (TPSA) is 26.3 Å². The number of carbonyl (C=O) groups is 1. The van der Waals surface area contributed by atoms with Crippen LogP contribution in [-0.2, 0) is 9.53 Å². The molecule has 1 atom stereocenters. The molecule has 5 heteroatoms. The summed E-state index contributed by atoms with van der Waals surface area (Å²) in [5.41, 5.74) is 0. The van der Waals surface area contributed by atoms with Gasteiger partial charge in [-0.1, -0.05) is 27.7 Å². The van der Waals surface area contributed by atoms with Gasteiger partial charge < -0.3 is 4.74 Å². The zero-order valence-electron chi connectivity index (χ0n) is 12.5. The minimum atomic E-state index is -2.62. The molecule has 0 rings (SSSR count). The first-order chi connectivity index (χ1) is 8.63. The molecule has 0 aromatic heterocycles. The molecule has 0 aliphatic rings. The molecule has 0 spiro atoms. The summed E-state index contributed by atoms with van der Waals surface area (Å²) >= 11 is 1.42. The number of ether oxygens (including phenoxy) is 1. The highest BCUT2D eigenvalue weighted by Gasteiger charge is 2.25. The Labute approximate surface area is 119 Å². The molecule has 0 fully saturated rings. The van der Waals surface area contributed by atoms with Crippen LogP contribution in [0.1, 0.15) is 47.5 Å². The average Bonchev–Trinajstić information content (AvgIpc) is 2.23. The van der Waals surface area contributed by atoms with Crippen molar-refractivity contribution in [3.63, 3.8) is 0 Å². The fraction of sp³-hybridized carbons (Fsp3) is 0.929. The van der Waals surface area contributed by atoms with Crippen molar-refractivity contribution in [3.8, 4) is 0 Å². The van der Waals surface area contributed by atoms with Gasteiger partial charge in [-0.25, -0.2) is 8.78 Å². The molecule has 114 valence electrons. The van der Waals surface area contributed by atoms with Crippen molar-refractivity contribution in [3.05, 3.63) is 0 Å². The lowest BCUT2D eigenvalue weighted by Gasteiger charge is -2.20. The van der Waals surface area contributed by atoms with Crippen molar-refractivity contribution in [2.24, 2.45) is 11.8 Å². The number of rotatable bonds is 9. The van der Waals surface area contributed by atoms with Crippen molar-refractivity contribution < 1.29 is 18.3 Å². The Bertz CT molecular complexity index is 263. The molecule has 0 saturated heterocycles. The smallest absolute Gasteiger partial charge is 0.319 e. The van der Waals surface area contributed by atoms with Gasteiger partial charge in [-0.2, -0.15) is 0 Å². The molecule has 2 nitrogen and oxygen atoms in total. The molecule has 0 N–H and O–H groups in total. The van der Waals surface area contributed by atoms with Crippen LogP contribution in [0.4, 0.5) is 8.78 Å². The van der Waals surface area contributed by atoms with E-state index in [9.17, 15) is 13.6 Å². The van der Waals surface area contributed by atoms with Gasteiger partial charge in [-0.05, 0) is 30.9 Å². The minimum Gasteiger partial charge on any atom is -0.465 e. The minimum absolute atomic E-state index is 0.133. The standard InChI is InChI=1S/C14H26F2O2S/c1-10(2)9-18-13(17)12(11(3)4)19-8-6-7-14(5,15)16/h10-12H,6-9H2,1-5H3. The highest BCUT2D eigenvalue weighted by molar-refractivity contribution is 8.00. The predicted molar refractivity (Wildman–Crippen MR) is 76.7 cm³/mol. The summed E-state index contributed by atoms with van der Waals surface area (Å²) in [7, 11) is 0. The van der Waals surface area contributed by atoms with Gasteiger partial charge in [0.2, 0.25) is 5.92 Å². The van der Waals surface area contributed by atoms with E-state index in [2.05, 4.69) is 0 Å². The van der Waals surface area contributed by atoms with Crippen LogP contribution in [-0.4, -0.2) is 29.5 Å². The van der Waals surface area contributed by atoms with Crippen LogP contribution in [0.15, 0.2) is 0 Å². The number of hydrogen-bond acceptors (Lipinski definition) is 3. The van der Waals surface area contributed by atoms with E-state index < -0.39 is 5.92 Å². The first-order valence-electron chi connectivity index (χ1n) is 6.79. The third-order valence-corrected chi connectivity index (χ3v) is 4.07. The number of thioether (sulfide) groups is 1. The maximum Gasteiger partial charge on any atom is 0.319 e. The van der Waals surface area contributed by atoms with Gasteiger partial charge in [0.05, 0.1) is 6.61 Å². The zero-order valence-corrected chi connectivity index (χ0v) is 13.4. The van der Waals surface area contributed by atoms with Crippen LogP contribution in [0.3, 0.4) is 0 Å². The highest BCUT2D eigenvalue weighted by Crippen LogP contribution is 2.25. The maximum absolute atomic E-state index is 12.7. The van der Waals surface area contributed by atoms with E-state index in [1.807, 2.05) is 27.7 Å². The zero-order chi connectivity index (χ0) is 15.1. The van der Waals surface area contributed by atoms with Crippen LogP contribution in [0.25, 0.3) is 0 Å². The van der Waals surface area contributed by atoms with Gasteiger partial charge in [0.25, 0.3) is 0 Å². The van der Waals surface area contributed by atoms with E-state index in [1.165, 1.54) is 11.8 Å². The summed E-state index contributed by atoms with van der Waals surface area (Å²) in [5.74, 6) is -1.83. The normalized spacial score (nSPS) is 13.9. The Hall–Kier alpha value is -0.320. The lowest BCUT2D eigenvalue weighted by atomic mass is 10.1. The Morgan fingerprint density at radius 3 is 2.26 bits per heavy atom. The third kappa shape index (κ3) is 10.2. The lowest BCUT2D eigenvalue weighted by Crippen LogP contribution is -2.27. The Balaban J connectivity index is 4.09. The second kappa shape index (κ2) is 8.77. The van der Waals surface area contributed by atoms with Crippen LogP contribution < -0.4 is 0 Å². The van der Waals surface area contributed by atoms with E-state index in [4.69, 9.17) is 4.74 Å². The van der Waals surface area contributed by atoms with Crippen molar-refractivity contribution in [2.45, 2.75) is 58.6 Å². The van der Waals surface area contributed by atoms with Crippen molar-refractivity contribution in [1.82, 2.24) is 0 Å².